The Morgan fingerprint density at radius 3 is 2.43 bits per heavy atom. The summed E-state index contributed by atoms with van der Waals surface area (Å²) < 4.78 is 0. The third kappa shape index (κ3) is 6.87. The molecule has 1 atom stereocenters. The zero-order chi connectivity index (χ0) is 30.0. The molecular weight excluding hydrogens is 572 g/mol. The Hall–Kier alpha value is -2.82. The molecule has 3 N–H and O–H groups in total. The van der Waals surface area contributed by atoms with Gasteiger partial charge in [-0.15, -0.1) is 11.3 Å². The number of carbonyl (C=O) groups excluding carboxylic acids is 3. The molecule has 0 spiro atoms. The molecule has 2 fully saturated rings. The number of hydrogen-bond donors (Lipinski definition) is 2. The monoisotopic (exact) mass is 614 g/mol. The van der Waals surface area contributed by atoms with Gasteiger partial charge in [0.05, 0.1) is 22.3 Å². The van der Waals surface area contributed by atoms with Gasteiger partial charge in [0.2, 0.25) is 11.8 Å². The van der Waals surface area contributed by atoms with Crippen molar-refractivity contribution >= 4 is 52.2 Å². The van der Waals surface area contributed by atoms with E-state index < -0.39 is 5.92 Å². The third-order valence-corrected chi connectivity index (χ3v) is 10.4. The van der Waals surface area contributed by atoms with Crippen LogP contribution in [0.5, 0.6) is 0 Å². The SMILES string of the molecule is Cc1cc(C[C@@H](CC(=O)N2CCC(N3CCc4cscc4NC3=O)CC2)C(=O)N2CCC(N(C)C)CC2)cc(Cl)c1N. The van der Waals surface area contributed by atoms with Crippen molar-refractivity contribution in [3.63, 3.8) is 0 Å². The average Bonchev–Trinajstić information content (AvgIpc) is 3.35. The standard InChI is InChI=1S/C31H43ClN6O3S/c1-20-14-21(16-26(32)29(20)33)15-23(30(40)37-11-5-24(6-12-37)35(2)3)17-28(39)36-9-7-25(8-10-36)38-13-4-22-18-42-19-27(22)34-31(38)41/h14,16,18-19,23-25H,4-13,15,17,33H2,1-3H3,(H,34,41)/t23-/m0/s1. The number of piperidine rings is 2. The van der Waals surface area contributed by atoms with Crippen LogP contribution in [0.15, 0.2) is 22.9 Å². The Kier molecular flexibility index (Phi) is 9.64. The molecule has 2 aromatic rings. The quantitative estimate of drug-likeness (QED) is 0.448. The first-order valence-corrected chi connectivity index (χ1v) is 16.3. The summed E-state index contributed by atoms with van der Waals surface area (Å²) in [4.78, 5) is 48.4. The van der Waals surface area contributed by atoms with E-state index in [1.54, 1.807) is 11.3 Å². The van der Waals surface area contributed by atoms with Crippen molar-refractivity contribution < 1.29 is 14.4 Å². The van der Waals surface area contributed by atoms with Crippen LogP contribution in [0.4, 0.5) is 16.2 Å². The molecule has 11 heteroatoms. The molecular formula is C31H43ClN6O3S. The number of carbonyl (C=O) groups is 3. The van der Waals surface area contributed by atoms with Crippen LogP contribution in [0.3, 0.4) is 0 Å². The Balaban J connectivity index is 1.23. The van der Waals surface area contributed by atoms with E-state index in [4.69, 9.17) is 17.3 Å². The molecule has 9 nitrogen and oxygen atoms in total. The Bertz CT molecular complexity index is 1280. The van der Waals surface area contributed by atoms with Crippen molar-refractivity contribution in [1.29, 1.82) is 0 Å². The molecule has 1 aromatic heterocycles. The lowest BCUT2D eigenvalue weighted by atomic mass is 9.91. The second-order valence-corrected chi connectivity index (χ2v) is 13.4. The van der Waals surface area contributed by atoms with E-state index in [0.29, 0.717) is 55.9 Å². The molecule has 2 saturated heterocycles. The lowest BCUT2D eigenvalue weighted by Gasteiger charge is -2.39. The van der Waals surface area contributed by atoms with Crippen molar-refractivity contribution in [2.75, 3.05) is 57.9 Å². The molecule has 0 unspecified atom stereocenters. The molecule has 228 valence electrons. The van der Waals surface area contributed by atoms with Crippen molar-refractivity contribution in [2.45, 2.75) is 64.0 Å². The maximum Gasteiger partial charge on any atom is 0.322 e. The lowest BCUT2D eigenvalue weighted by molar-refractivity contribution is -0.143. The summed E-state index contributed by atoms with van der Waals surface area (Å²) in [7, 11) is 4.16. The normalized spacial score (nSPS) is 19.5. The highest BCUT2D eigenvalue weighted by Gasteiger charge is 2.35. The number of likely N-dealkylation sites (tertiary alicyclic amines) is 2. The van der Waals surface area contributed by atoms with E-state index >= 15 is 0 Å². The van der Waals surface area contributed by atoms with E-state index in [1.807, 2.05) is 39.1 Å². The van der Waals surface area contributed by atoms with Crippen LogP contribution in [-0.4, -0.2) is 96.3 Å². The summed E-state index contributed by atoms with van der Waals surface area (Å²) >= 11 is 8.00. The molecule has 1 aromatic carbocycles. The van der Waals surface area contributed by atoms with Crippen LogP contribution in [0, 0.1) is 12.8 Å². The van der Waals surface area contributed by atoms with Crippen LogP contribution in [0.1, 0.15) is 48.8 Å². The Morgan fingerprint density at radius 2 is 1.76 bits per heavy atom. The van der Waals surface area contributed by atoms with Crippen LogP contribution in [-0.2, 0) is 22.4 Å². The second kappa shape index (κ2) is 13.2. The predicted molar refractivity (Wildman–Crippen MR) is 169 cm³/mol. The van der Waals surface area contributed by atoms with Gasteiger partial charge >= 0.3 is 6.03 Å². The number of nitrogen functional groups attached to an aromatic ring is 1. The summed E-state index contributed by atoms with van der Waals surface area (Å²) in [6.07, 6.45) is 4.75. The number of urea groups is 1. The van der Waals surface area contributed by atoms with Crippen LogP contribution in [0.25, 0.3) is 0 Å². The summed E-state index contributed by atoms with van der Waals surface area (Å²) in [5.41, 5.74) is 10.5. The van der Waals surface area contributed by atoms with Crippen molar-refractivity contribution in [3.05, 3.63) is 44.6 Å². The summed E-state index contributed by atoms with van der Waals surface area (Å²) in [6, 6.07) is 4.30. The molecule has 4 heterocycles. The van der Waals surface area contributed by atoms with Gasteiger partial charge in [0.25, 0.3) is 0 Å². The smallest absolute Gasteiger partial charge is 0.322 e. The van der Waals surface area contributed by atoms with Gasteiger partial charge in [0, 0.05) is 56.6 Å². The van der Waals surface area contributed by atoms with Gasteiger partial charge in [0.15, 0.2) is 0 Å². The average molecular weight is 615 g/mol. The molecule has 5 rings (SSSR count). The minimum absolute atomic E-state index is 0.00423. The van der Waals surface area contributed by atoms with Gasteiger partial charge in [-0.2, -0.15) is 0 Å². The molecule has 3 aliphatic rings. The minimum atomic E-state index is -0.472. The number of halogens is 1. The molecule has 42 heavy (non-hydrogen) atoms. The van der Waals surface area contributed by atoms with Crippen LogP contribution in [0.2, 0.25) is 5.02 Å². The fraction of sp³-hybridized carbons (Fsp3) is 0.581. The second-order valence-electron chi connectivity index (χ2n) is 12.2. The fourth-order valence-corrected chi connectivity index (χ4v) is 7.72. The first-order chi connectivity index (χ1) is 20.1. The number of nitrogens with zero attached hydrogens (tertiary/aromatic N) is 4. The first kappa shape index (κ1) is 30.6. The highest BCUT2D eigenvalue weighted by molar-refractivity contribution is 7.08. The van der Waals surface area contributed by atoms with Gasteiger partial charge in [-0.1, -0.05) is 17.7 Å². The number of hydrogen-bond acceptors (Lipinski definition) is 6. The van der Waals surface area contributed by atoms with Gasteiger partial charge in [-0.3, -0.25) is 9.59 Å². The van der Waals surface area contributed by atoms with E-state index in [1.165, 1.54) is 5.56 Å². The number of benzene rings is 1. The number of anilines is 2. The van der Waals surface area contributed by atoms with Crippen LogP contribution >= 0.6 is 22.9 Å². The maximum absolute atomic E-state index is 13.9. The molecule has 4 amide bonds. The van der Waals surface area contributed by atoms with E-state index in [9.17, 15) is 14.4 Å². The number of nitrogens with two attached hydrogens (primary N) is 1. The third-order valence-electron chi connectivity index (χ3n) is 9.28. The zero-order valence-electron chi connectivity index (χ0n) is 24.9. The topological polar surface area (TPSA) is 102 Å². The van der Waals surface area contributed by atoms with Crippen molar-refractivity contribution in [3.8, 4) is 0 Å². The number of aryl methyl sites for hydroxylation is 1. The fourth-order valence-electron chi connectivity index (χ4n) is 6.61. The number of amides is 4. The molecule has 0 bridgehead atoms. The largest absolute Gasteiger partial charge is 0.397 e. The van der Waals surface area contributed by atoms with E-state index in [-0.39, 0.29) is 30.3 Å². The number of rotatable bonds is 7. The number of nitrogens with one attached hydrogen (secondary N) is 1. The number of fused-ring (bicyclic) bond motifs is 1. The maximum atomic E-state index is 13.9. The lowest BCUT2D eigenvalue weighted by Crippen LogP contribution is -2.51. The molecule has 0 aliphatic carbocycles. The Labute approximate surface area is 257 Å². The Morgan fingerprint density at radius 1 is 1.07 bits per heavy atom. The predicted octanol–water partition coefficient (Wildman–Crippen LogP) is 4.47. The summed E-state index contributed by atoms with van der Waals surface area (Å²) in [5, 5.41) is 7.61. The van der Waals surface area contributed by atoms with Gasteiger partial charge in [-0.25, -0.2) is 4.79 Å². The van der Waals surface area contributed by atoms with Gasteiger partial charge in [0.1, 0.15) is 0 Å². The molecule has 0 radical (unpaired) electrons. The van der Waals surface area contributed by atoms with Crippen molar-refractivity contribution in [2.24, 2.45) is 5.92 Å². The highest BCUT2D eigenvalue weighted by atomic mass is 35.5. The van der Waals surface area contributed by atoms with Gasteiger partial charge < -0.3 is 30.7 Å². The van der Waals surface area contributed by atoms with Gasteiger partial charge in [-0.05, 0) is 87.7 Å². The zero-order valence-corrected chi connectivity index (χ0v) is 26.5. The molecule has 0 saturated carbocycles. The van der Waals surface area contributed by atoms with E-state index in [2.05, 4.69) is 29.7 Å². The van der Waals surface area contributed by atoms with Crippen LogP contribution < -0.4 is 11.1 Å². The molecule has 3 aliphatic heterocycles. The number of thiophene rings is 1. The highest BCUT2D eigenvalue weighted by Crippen LogP contribution is 2.30. The summed E-state index contributed by atoms with van der Waals surface area (Å²) in [5.74, 6) is -0.439. The van der Waals surface area contributed by atoms with E-state index in [0.717, 1.165) is 48.9 Å². The first-order valence-electron chi connectivity index (χ1n) is 15.0. The van der Waals surface area contributed by atoms with Crippen molar-refractivity contribution in [1.82, 2.24) is 19.6 Å². The summed E-state index contributed by atoms with van der Waals surface area (Å²) in [6.45, 7) is 5.14. The minimum Gasteiger partial charge on any atom is -0.397 e.